The van der Waals surface area contributed by atoms with Crippen molar-refractivity contribution in [2.24, 2.45) is 0 Å². The second-order valence-electron chi connectivity index (χ2n) is 3.39. The van der Waals surface area contributed by atoms with Crippen LogP contribution in [0.5, 0.6) is 0 Å². The lowest BCUT2D eigenvalue weighted by atomic mass is 10.1. The second-order valence-corrected chi connectivity index (χ2v) is 4.25. The van der Waals surface area contributed by atoms with Crippen molar-refractivity contribution in [1.82, 2.24) is 0 Å². The first-order valence-electron chi connectivity index (χ1n) is 4.58. The number of halogens is 1. The number of ether oxygens (including phenoxy) is 2. The molecule has 0 aromatic heterocycles. The van der Waals surface area contributed by atoms with Crippen molar-refractivity contribution in [3.05, 3.63) is 39.9 Å². The second kappa shape index (κ2) is 2.92. The Bertz CT molecular complexity index is 406. The van der Waals surface area contributed by atoms with Crippen LogP contribution >= 0.6 is 15.9 Å². The lowest BCUT2D eigenvalue weighted by Crippen LogP contribution is -2.24. The van der Waals surface area contributed by atoms with Crippen LogP contribution in [0.3, 0.4) is 0 Å². The zero-order chi connectivity index (χ0) is 9.60. The number of benzene rings is 1. The number of hydrogen-bond acceptors (Lipinski definition) is 2. The summed E-state index contributed by atoms with van der Waals surface area (Å²) in [6, 6.07) is 8.14. The molecule has 0 amide bonds. The number of fused-ring (bicyclic) bond motifs is 2. The Balaban J connectivity index is 2.20. The molecule has 3 rings (SSSR count). The molecule has 1 saturated heterocycles. The Morgan fingerprint density at radius 2 is 1.86 bits per heavy atom. The first-order valence-corrected chi connectivity index (χ1v) is 5.37. The van der Waals surface area contributed by atoms with Crippen molar-refractivity contribution in [2.45, 2.75) is 5.79 Å². The van der Waals surface area contributed by atoms with Crippen molar-refractivity contribution in [3.8, 4) is 0 Å². The summed E-state index contributed by atoms with van der Waals surface area (Å²) in [6.07, 6.45) is 2.06. The quantitative estimate of drug-likeness (QED) is 0.707. The Morgan fingerprint density at radius 3 is 2.64 bits per heavy atom. The largest absolute Gasteiger partial charge is 0.339 e. The van der Waals surface area contributed by atoms with E-state index >= 15 is 0 Å². The van der Waals surface area contributed by atoms with Crippen molar-refractivity contribution in [3.63, 3.8) is 0 Å². The highest BCUT2D eigenvalue weighted by Crippen LogP contribution is 2.48. The van der Waals surface area contributed by atoms with Crippen molar-refractivity contribution in [2.75, 3.05) is 13.2 Å². The summed E-state index contributed by atoms with van der Waals surface area (Å²) in [5, 5.41) is 0. The summed E-state index contributed by atoms with van der Waals surface area (Å²) in [7, 11) is 0. The average molecular weight is 253 g/mol. The molecule has 14 heavy (non-hydrogen) atoms. The van der Waals surface area contributed by atoms with Crippen LogP contribution in [0.25, 0.3) is 6.08 Å². The van der Waals surface area contributed by atoms with Gasteiger partial charge in [0.15, 0.2) is 0 Å². The fourth-order valence-electron chi connectivity index (χ4n) is 1.99. The Hall–Kier alpha value is -0.640. The predicted octanol–water partition coefficient (Wildman–Crippen LogP) is 2.64. The average Bonchev–Trinajstić information content (AvgIpc) is 2.77. The maximum Gasteiger partial charge on any atom is 0.229 e. The van der Waals surface area contributed by atoms with Gasteiger partial charge in [0.2, 0.25) is 5.79 Å². The van der Waals surface area contributed by atoms with E-state index in [1.807, 2.05) is 18.2 Å². The van der Waals surface area contributed by atoms with Crippen LogP contribution in [0.2, 0.25) is 0 Å². The van der Waals surface area contributed by atoms with Crippen molar-refractivity contribution >= 4 is 22.0 Å². The Kier molecular flexibility index (Phi) is 1.81. The van der Waals surface area contributed by atoms with Gasteiger partial charge in [-0.05, 0) is 27.6 Å². The van der Waals surface area contributed by atoms with E-state index in [0.29, 0.717) is 13.2 Å². The van der Waals surface area contributed by atoms with Gasteiger partial charge in [-0.15, -0.1) is 0 Å². The van der Waals surface area contributed by atoms with Crippen LogP contribution in [0.4, 0.5) is 0 Å². The highest BCUT2D eigenvalue weighted by atomic mass is 79.9. The highest BCUT2D eigenvalue weighted by molar-refractivity contribution is 9.11. The lowest BCUT2D eigenvalue weighted by Gasteiger charge is -2.24. The van der Waals surface area contributed by atoms with E-state index < -0.39 is 5.79 Å². The molecule has 1 spiro atoms. The molecular weight excluding hydrogens is 244 g/mol. The molecule has 2 aliphatic rings. The van der Waals surface area contributed by atoms with Crippen LogP contribution in [-0.2, 0) is 15.3 Å². The van der Waals surface area contributed by atoms with Gasteiger partial charge in [0.05, 0.1) is 17.7 Å². The van der Waals surface area contributed by atoms with Crippen LogP contribution in [0, 0.1) is 0 Å². The standard InChI is InChI=1S/C11H9BrO2/c12-10-7-8-3-1-2-4-9(8)11(10)13-5-6-14-11/h1-4,7H,5-6H2. The molecule has 3 heteroatoms. The fourth-order valence-corrected chi connectivity index (χ4v) is 2.68. The molecule has 1 heterocycles. The molecule has 1 fully saturated rings. The summed E-state index contributed by atoms with van der Waals surface area (Å²) < 4.78 is 12.4. The summed E-state index contributed by atoms with van der Waals surface area (Å²) in [4.78, 5) is 0. The Labute approximate surface area is 90.6 Å². The molecule has 72 valence electrons. The van der Waals surface area contributed by atoms with Gasteiger partial charge < -0.3 is 9.47 Å². The molecule has 1 aliphatic heterocycles. The van der Waals surface area contributed by atoms with Crippen molar-refractivity contribution < 1.29 is 9.47 Å². The first-order chi connectivity index (χ1) is 6.83. The van der Waals surface area contributed by atoms with E-state index in [2.05, 4.69) is 28.1 Å². The van der Waals surface area contributed by atoms with Crippen LogP contribution in [0.1, 0.15) is 11.1 Å². The molecule has 1 aromatic rings. The van der Waals surface area contributed by atoms with E-state index in [9.17, 15) is 0 Å². The van der Waals surface area contributed by atoms with Gasteiger partial charge in [-0.2, -0.15) is 0 Å². The molecule has 0 atom stereocenters. The van der Waals surface area contributed by atoms with Crippen LogP contribution in [-0.4, -0.2) is 13.2 Å². The smallest absolute Gasteiger partial charge is 0.229 e. The minimum atomic E-state index is -0.642. The predicted molar refractivity (Wildman–Crippen MR) is 56.9 cm³/mol. The Morgan fingerprint density at radius 1 is 1.14 bits per heavy atom. The van der Waals surface area contributed by atoms with Gasteiger partial charge in [-0.3, -0.25) is 0 Å². The summed E-state index contributed by atoms with van der Waals surface area (Å²) in [5.74, 6) is -0.642. The minimum absolute atomic E-state index is 0.642. The normalized spacial score (nSPS) is 22.5. The molecule has 2 nitrogen and oxygen atoms in total. The zero-order valence-electron chi connectivity index (χ0n) is 7.50. The molecule has 0 N–H and O–H groups in total. The summed E-state index contributed by atoms with van der Waals surface area (Å²) in [5.41, 5.74) is 2.27. The molecule has 0 unspecified atom stereocenters. The van der Waals surface area contributed by atoms with Crippen molar-refractivity contribution in [1.29, 1.82) is 0 Å². The third kappa shape index (κ3) is 0.975. The maximum atomic E-state index is 5.70. The fraction of sp³-hybridized carbons (Fsp3) is 0.273. The van der Waals surface area contributed by atoms with E-state index in [4.69, 9.17) is 9.47 Å². The molecule has 1 aromatic carbocycles. The van der Waals surface area contributed by atoms with Crippen LogP contribution in [0.15, 0.2) is 28.7 Å². The van der Waals surface area contributed by atoms with Gasteiger partial charge in [-0.25, -0.2) is 0 Å². The minimum Gasteiger partial charge on any atom is -0.339 e. The zero-order valence-corrected chi connectivity index (χ0v) is 9.08. The van der Waals surface area contributed by atoms with Gasteiger partial charge in [0.25, 0.3) is 0 Å². The molecular formula is C11H9BrO2. The van der Waals surface area contributed by atoms with Gasteiger partial charge >= 0.3 is 0 Å². The van der Waals surface area contributed by atoms with Crippen LogP contribution < -0.4 is 0 Å². The van der Waals surface area contributed by atoms with E-state index in [0.717, 1.165) is 10.0 Å². The first kappa shape index (κ1) is 8.65. The SMILES string of the molecule is BrC1=Cc2ccccc2C12OCCO2. The van der Waals surface area contributed by atoms with Gasteiger partial charge in [-0.1, -0.05) is 24.3 Å². The maximum absolute atomic E-state index is 5.70. The lowest BCUT2D eigenvalue weighted by molar-refractivity contribution is -0.123. The van der Waals surface area contributed by atoms with E-state index in [-0.39, 0.29) is 0 Å². The topological polar surface area (TPSA) is 18.5 Å². The number of rotatable bonds is 0. The van der Waals surface area contributed by atoms with E-state index in [1.54, 1.807) is 0 Å². The summed E-state index contributed by atoms with van der Waals surface area (Å²) >= 11 is 3.51. The highest BCUT2D eigenvalue weighted by Gasteiger charge is 2.46. The number of hydrogen-bond donors (Lipinski definition) is 0. The monoisotopic (exact) mass is 252 g/mol. The van der Waals surface area contributed by atoms with E-state index in [1.165, 1.54) is 5.56 Å². The third-order valence-electron chi connectivity index (χ3n) is 2.61. The molecule has 0 saturated carbocycles. The third-order valence-corrected chi connectivity index (χ3v) is 3.36. The molecule has 0 radical (unpaired) electrons. The molecule has 1 aliphatic carbocycles. The summed E-state index contributed by atoms with van der Waals surface area (Å²) in [6.45, 7) is 1.30. The van der Waals surface area contributed by atoms with Gasteiger partial charge in [0.1, 0.15) is 0 Å². The van der Waals surface area contributed by atoms with Gasteiger partial charge in [0, 0.05) is 5.56 Å². The molecule has 0 bridgehead atoms.